The van der Waals surface area contributed by atoms with Gasteiger partial charge in [0.1, 0.15) is 11.6 Å². The van der Waals surface area contributed by atoms with Crippen molar-refractivity contribution in [3.8, 4) is 11.4 Å². The van der Waals surface area contributed by atoms with Crippen molar-refractivity contribution < 1.29 is 14.6 Å². The first-order chi connectivity index (χ1) is 18.3. The standard InChI is InChI=1S/C30H32N4O4/c1-19-17-23(20(2)33(19)24-13-15-25(16-14-24)38-21(3)30(36)37)18-31-34-28(22-9-5-4-6-10-22)32-27-12-8-7-11-26(27)29(34)35/h7-8,11-18,21-22H,4-6,9-10H2,1-3H3,(H,36,37)/t21-/m0/s1. The van der Waals surface area contributed by atoms with Crippen LogP contribution in [0.15, 0.2) is 64.5 Å². The minimum absolute atomic E-state index is 0.146. The molecule has 0 aliphatic heterocycles. The lowest BCUT2D eigenvalue weighted by molar-refractivity contribution is -0.144. The maximum absolute atomic E-state index is 13.5. The number of fused-ring (bicyclic) bond motifs is 1. The molecule has 8 nitrogen and oxygen atoms in total. The smallest absolute Gasteiger partial charge is 0.344 e. The van der Waals surface area contributed by atoms with Gasteiger partial charge >= 0.3 is 5.97 Å². The van der Waals surface area contributed by atoms with Crippen molar-refractivity contribution in [2.75, 3.05) is 0 Å². The minimum Gasteiger partial charge on any atom is -0.479 e. The highest BCUT2D eigenvalue weighted by Crippen LogP contribution is 2.32. The monoisotopic (exact) mass is 512 g/mol. The zero-order valence-corrected chi connectivity index (χ0v) is 21.9. The van der Waals surface area contributed by atoms with Gasteiger partial charge in [0.25, 0.3) is 5.56 Å². The molecular weight excluding hydrogens is 480 g/mol. The Balaban J connectivity index is 1.49. The van der Waals surface area contributed by atoms with Crippen LogP contribution >= 0.6 is 0 Å². The molecule has 2 aromatic heterocycles. The molecule has 38 heavy (non-hydrogen) atoms. The number of rotatable bonds is 7. The Kier molecular flexibility index (Phi) is 7.13. The van der Waals surface area contributed by atoms with Gasteiger partial charge in [-0.25, -0.2) is 9.78 Å². The first-order valence-electron chi connectivity index (χ1n) is 13.1. The van der Waals surface area contributed by atoms with Crippen LogP contribution in [0.5, 0.6) is 5.75 Å². The van der Waals surface area contributed by atoms with Crippen LogP contribution in [0.2, 0.25) is 0 Å². The fourth-order valence-electron chi connectivity index (χ4n) is 5.24. The summed E-state index contributed by atoms with van der Waals surface area (Å²) in [6, 6.07) is 16.8. The molecule has 1 atom stereocenters. The first-order valence-corrected chi connectivity index (χ1v) is 13.1. The van der Waals surface area contributed by atoms with Gasteiger partial charge in [-0.2, -0.15) is 9.78 Å². The minimum atomic E-state index is -1.01. The molecule has 1 N–H and O–H groups in total. The van der Waals surface area contributed by atoms with Crippen LogP contribution in [0.4, 0.5) is 0 Å². The van der Waals surface area contributed by atoms with Crippen LogP contribution in [-0.4, -0.2) is 37.6 Å². The van der Waals surface area contributed by atoms with Gasteiger partial charge in [0.15, 0.2) is 6.10 Å². The van der Waals surface area contributed by atoms with Gasteiger partial charge in [0.2, 0.25) is 0 Å². The van der Waals surface area contributed by atoms with E-state index in [1.807, 2.05) is 50.2 Å². The van der Waals surface area contributed by atoms with Gasteiger partial charge in [-0.3, -0.25) is 4.79 Å². The summed E-state index contributed by atoms with van der Waals surface area (Å²) in [7, 11) is 0. The maximum Gasteiger partial charge on any atom is 0.344 e. The zero-order valence-electron chi connectivity index (χ0n) is 21.9. The number of carboxylic acid groups (broad SMARTS) is 1. The molecule has 2 heterocycles. The highest BCUT2D eigenvalue weighted by atomic mass is 16.5. The second-order valence-corrected chi connectivity index (χ2v) is 9.94. The number of carboxylic acids is 1. The molecule has 0 radical (unpaired) electrons. The lowest BCUT2D eigenvalue weighted by Gasteiger charge is -2.22. The molecule has 4 aromatic rings. The summed E-state index contributed by atoms with van der Waals surface area (Å²) in [5, 5.41) is 14.3. The summed E-state index contributed by atoms with van der Waals surface area (Å²) < 4.78 is 9.05. The van der Waals surface area contributed by atoms with Crippen molar-refractivity contribution in [2.45, 2.75) is 64.9 Å². The summed E-state index contributed by atoms with van der Waals surface area (Å²) >= 11 is 0. The highest BCUT2D eigenvalue weighted by Gasteiger charge is 2.22. The Labute approximate surface area is 221 Å². The molecule has 2 aromatic carbocycles. The van der Waals surface area contributed by atoms with Crippen molar-refractivity contribution in [1.82, 2.24) is 14.2 Å². The Morgan fingerprint density at radius 1 is 1.11 bits per heavy atom. The number of nitrogens with zero attached hydrogens (tertiary/aromatic N) is 4. The van der Waals surface area contributed by atoms with E-state index in [0.717, 1.165) is 54.1 Å². The molecule has 8 heteroatoms. The van der Waals surface area contributed by atoms with Gasteiger partial charge < -0.3 is 14.4 Å². The summed E-state index contributed by atoms with van der Waals surface area (Å²) in [4.78, 5) is 29.5. The van der Waals surface area contributed by atoms with Crippen molar-refractivity contribution in [3.63, 3.8) is 0 Å². The van der Waals surface area contributed by atoms with Gasteiger partial charge in [0.05, 0.1) is 17.1 Å². The van der Waals surface area contributed by atoms with Gasteiger partial charge in [0, 0.05) is 28.6 Å². The van der Waals surface area contributed by atoms with E-state index in [9.17, 15) is 9.59 Å². The van der Waals surface area contributed by atoms with Crippen molar-refractivity contribution in [3.05, 3.63) is 87.7 Å². The quantitative estimate of drug-likeness (QED) is 0.326. The Morgan fingerprint density at radius 3 is 2.53 bits per heavy atom. The largest absolute Gasteiger partial charge is 0.479 e. The third-order valence-electron chi connectivity index (χ3n) is 7.29. The molecule has 1 fully saturated rings. The van der Waals surface area contributed by atoms with E-state index >= 15 is 0 Å². The van der Waals surface area contributed by atoms with Crippen molar-refractivity contribution in [2.24, 2.45) is 5.10 Å². The lowest BCUT2D eigenvalue weighted by atomic mass is 9.88. The normalized spacial score (nSPS) is 15.2. The molecule has 1 aliphatic rings. The zero-order chi connectivity index (χ0) is 26.8. The number of aliphatic carboxylic acids is 1. The summed E-state index contributed by atoms with van der Waals surface area (Å²) in [6.07, 6.45) is 6.34. The number of carbonyl (C=O) groups is 1. The van der Waals surface area contributed by atoms with Crippen LogP contribution in [0.25, 0.3) is 16.6 Å². The van der Waals surface area contributed by atoms with E-state index in [0.29, 0.717) is 16.7 Å². The van der Waals surface area contributed by atoms with Gasteiger partial charge in [-0.05, 0) is 76.1 Å². The number of hydrogen-bond donors (Lipinski definition) is 1. The number of ether oxygens (including phenoxy) is 1. The molecule has 0 saturated heterocycles. The van der Waals surface area contributed by atoms with Crippen molar-refractivity contribution in [1.29, 1.82) is 0 Å². The average Bonchev–Trinajstić information content (AvgIpc) is 3.21. The molecule has 5 rings (SSSR count). The molecule has 0 amide bonds. The van der Waals surface area contributed by atoms with E-state index in [-0.39, 0.29) is 11.5 Å². The Morgan fingerprint density at radius 2 is 1.82 bits per heavy atom. The second-order valence-electron chi connectivity index (χ2n) is 9.94. The van der Waals surface area contributed by atoms with E-state index in [1.54, 1.807) is 24.4 Å². The van der Waals surface area contributed by atoms with Gasteiger partial charge in [-0.1, -0.05) is 31.4 Å². The number of aryl methyl sites for hydroxylation is 1. The first kappa shape index (κ1) is 25.4. The van der Waals surface area contributed by atoms with E-state index in [2.05, 4.69) is 4.57 Å². The van der Waals surface area contributed by atoms with E-state index in [4.69, 9.17) is 19.9 Å². The van der Waals surface area contributed by atoms with E-state index < -0.39 is 12.1 Å². The molecule has 196 valence electrons. The number of hydrogen-bond acceptors (Lipinski definition) is 5. The molecule has 0 bridgehead atoms. The van der Waals surface area contributed by atoms with Crippen molar-refractivity contribution >= 4 is 23.1 Å². The van der Waals surface area contributed by atoms with Crippen LogP contribution in [-0.2, 0) is 4.79 Å². The number of para-hydroxylation sites is 1. The summed E-state index contributed by atoms with van der Waals surface area (Å²) in [5.74, 6) is 0.439. The van der Waals surface area contributed by atoms with Gasteiger partial charge in [-0.15, -0.1) is 0 Å². The molecule has 0 unspecified atom stereocenters. The maximum atomic E-state index is 13.5. The van der Waals surface area contributed by atoms with Crippen LogP contribution in [0, 0.1) is 13.8 Å². The van der Waals surface area contributed by atoms with Crippen LogP contribution < -0.4 is 10.3 Å². The molecular formula is C30H32N4O4. The molecule has 1 saturated carbocycles. The number of aromatic nitrogens is 3. The highest BCUT2D eigenvalue weighted by molar-refractivity contribution is 5.82. The lowest BCUT2D eigenvalue weighted by Crippen LogP contribution is -2.25. The predicted octanol–water partition coefficient (Wildman–Crippen LogP) is 5.59. The Hall–Kier alpha value is -4.20. The average molecular weight is 513 g/mol. The SMILES string of the molecule is Cc1cc(C=Nn2c(C3CCCCC3)nc3ccccc3c2=O)c(C)n1-c1ccc(O[C@@H](C)C(=O)O)cc1. The predicted molar refractivity (Wildman–Crippen MR) is 148 cm³/mol. The van der Waals surface area contributed by atoms with E-state index in [1.165, 1.54) is 18.0 Å². The third-order valence-corrected chi connectivity index (χ3v) is 7.29. The second kappa shape index (κ2) is 10.7. The van der Waals surface area contributed by atoms with Crippen LogP contribution in [0.1, 0.15) is 67.7 Å². The topological polar surface area (TPSA) is 98.7 Å². The fraction of sp³-hybridized carbons (Fsp3) is 0.333. The fourth-order valence-corrected chi connectivity index (χ4v) is 5.24. The molecule has 0 spiro atoms. The number of benzene rings is 2. The Bertz CT molecular complexity index is 1560. The summed E-state index contributed by atoms with van der Waals surface area (Å²) in [6.45, 7) is 5.52. The molecule has 1 aliphatic carbocycles. The third kappa shape index (κ3) is 4.98. The summed E-state index contributed by atoms with van der Waals surface area (Å²) in [5.41, 5.74) is 4.37. The van der Waals surface area contributed by atoms with Crippen LogP contribution in [0.3, 0.4) is 0 Å².